The summed E-state index contributed by atoms with van der Waals surface area (Å²) in [5.74, 6) is -0.893. The topological polar surface area (TPSA) is 121 Å². The van der Waals surface area contributed by atoms with Crippen LogP contribution in [0, 0.1) is 0 Å². The van der Waals surface area contributed by atoms with Gasteiger partial charge in [0.25, 0.3) is 11.9 Å². The molecule has 0 aliphatic heterocycles. The van der Waals surface area contributed by atoms with E-state index in [-0.39, 0.29) is 33.2 Å². The van der Waals surface area contributed by atoms with Crippen molar-refractivity contribution in [2.45, 2.75) is 11.1 Å². The van der Waals surface area contributed by atoms with Crippen LogP contribution in [0.4, 0.5) is 9.93 Å². The highest BCUT2D eigenvalue weighted by molar-refractivity contribution is 7.92. The largest absolute Gasteiger partial charge is 0.516 e. The molecule has 11 heteroatoms. The Labute approximate surface area is 159 Å². The molecule has 9 nitrogen and oxygen atoms in total. The molecule has 1 aromatic carbocycles. The van der Waals surface area contributed by atoms with Crippen LogP contribution in [0.5, 0.6) is 5.75 Å². The number of anilines is 1. The number of thiazole rings is 1. The van der Waals surface area contributed by atoms with Gasteiger partial charge in [0, 0.05) is 6.26 Å². The molecule has 1 amide bonds. The van der Waals surface area contributed by atoms with Gasteiger partial charge in [-0.25, -0.2) is 18.2 Å². The van der Waals surface area contributed by atoms with E-state index < -0.39 is 21.9 Å². The minimum atomic E-state index is -3.41. The first-order chi connectivity index (χ1) is 12.7. The summed E-state index contributed by atoms with van der Waals surface area (Å²) >= 11 is 0.821. The molecule has 0 fully saturated rings. The normalized spacial score (nSPS) is 10.7. The van der Waals surface area contributed by atoms with Crippen molar-refractivity contribution < 1.29 is 32.2 Å². The number of hydrogen-bond acceptors (Lipinski definition) is 9. The number of nitrogens with one attached hydrogen (secondary N) is 1. The number of carbonyl (C=O) groups is 2. The third kappa shape index (κ3) is 5.79. The van der Waals surface area contributed by atoms with E-state index in [0.29, 0.717) is 0 Å². The molecule has 0 atom stereocenters. The van der Waals surface area contributed by atoms with Crippen LogP contribution >= 0.6 is 11.3 Å². The van der Waals surface area contributed by atoms with Crippen LogP contribution < -0.4 is 10.1 Å². The first-order valence-corrected chi connectivity index (χ1v) is 10.2. The second kappa shape index (κ2) is 8.64. The number of rotatable bonds is 7. The summed E-state index contributed by atoms with van der Waals surface area (Å²) in [6.45, 7) is 5.16. The van der Waals surface area contributed by atoms with Gasteiger partial charge in [-0.1, -0.05) is 23.5 Å². The van der Waals surface area contributed by atoms with E-state index in [9.17, 15) is 18.0 Å². The minimum Gasteiger partial charge on any atom is -0.434 e. The fourth-order valence-electron chi connectivity index (χ4n) is 1.78. The van der Waals surface area contributed by atoms with Crippen molar-refractivity contribution in [2.24, 2.45) is 0 Å². The molecule has 144 valence electrons. The van der Waals surface area contributed by atoms with Gasteiger partial charge in [0.2, 0.25) is 0 Å². The number of nitrogens with zero attached hydrogens (tertiary/aromatic N) is 1. The molecule has 1 aromatic heterocycles. The Hall–Kier alpha value is -2.92. The Balaban J connectivity index is 2.12. The van der Waals surface area contributed by atoms with E-state index in [4.69, 9.17) is 9.47 Å². The van der Waals surface area contributed by atoms with Gasteiger partial charge in [0.1, 0.15) is 9.96 Å². The molecule has 1 heterocycles. The standard InChI is InChI=1S/C16H16N2O7S2/c1-4-23-16(20)25-10(2)24-12-8-6-5-7-11(12)14(19)18-15-17-9-13(26-15)27(3,21)22/h5-9H,2,4H2,1,3H3,(H,17,18,19). The van der Waals surface area contributed by atoms with Gasteiger partial charge in [-0.3, -0.25) is 10.1 Å². The Kier molecular flexibility index (Phi) is 6.53. The summed E-state index contributed by atoms with van der Waals surface area (Å²) < 4.78 is 37.6. The second-order valence-electron chi connectivity index (χ2n) is 4.97. The number of para-hydroxylation sites is 1. The third-order valence-electron chi connectivity index (χ3n) is 2.89. The average molecular weight is 412 g/mol. The zero-order valence-corrected chi connectivity index (χ0v) is 16.1. The number of hydrogen-bond donors (Lipinski definition) is 1. The first-order valence-electron chi connectivity index (χ1n) is 7.48. The summed E-state index contributed by atoms with van der Waals surface area (Å²) in [6.07, 6.45) is 1.22. The lowest BCUT2D eigenvalue weighted by Gasteiger charge is -2.11. The van der Waals surface area contributed by atoms with Crippen LogP contribution in [-0.2, 0) is 19.3 Å². The molecule has 0 aliphatic carbocycles. The van der Waals surface area contributed by atoms with Crippen LogP contribution in [-0.4, -0.2) is 38.3 Å². The number of sulfone groups is 1. The number of ether oxygens (including phenoxy) is 3. The fraction of sp³-hybridized carbons (Fsp3) is 0.188. The quantitative estimate of drug-likeness (QED) is 0.544. The molecule has 0 radical (unpaired) electrons. The van der Waals surface area contributed by atoms with Crippen molar-refractivity contribution in [1.82, 2.24) is 4.98 Å². The minimum absolute atomic E-state index is 0.0264. The molecular weight excluding hydrogens is 396 g/mol. The predicted octanol–water partition coefficient (Wildman–Crippen LogP) is 2.82. The average Bonchev–Trinajstić information content (AvgIpc) is 3.04. The smallest absolute Gasteiger partial charge is 0.434 e. The highest BCUT2D eigenvalue weighted by atomic mass is 32.2. The van der Waals surface area contributed by atoms with E-state index in [1.807, 2.05) is 0 Å². The second-order valence-corrected chi connectivity index (χ2v) is 8.24. The molecule has 0 bridgehead atoms. The summed E-state index contributed by atoms with van der Waals surface area (Å²) in [5.41, 5.74) is 0.0993. The van der Waals surface area contributed by atoms with Crippen LogP contribution in [0.3, 0.4) is 0 Å². The fourth-order valence-corrected chi connectivity index (χ4v) is 3.41. The van der Waals surface area contributed by atoms with Gasteiger partial charge in [-0.15, -0.1) is 0 Å². The molecule has 27 heavy (non-hydrogen) atoms. The number of aromatic nitrogens is 1. The van der Waals surface area contributed by atoms with E-state index >= 15 is 0 Å². The molecule has 2 aromatic rings. The summed E-state index contributed by atoms with van der Waals surface area (Å²) in [6, 6.07) is 6.14. The first kappa shape index (κ1) is 20.4. The zero-order valence-electron chi connectivity index (χ0n) is 14.4. The Morgan fingerprint density at radius 3 is 2.63 bits per heavy atom. The number of carbonyl (C=O) groups excluding carboxylic acids is 2. The van der Waals surface area contributed by atoms with Crippen LogP contribution in [0.15, 0.2) is 47.2 Å². The summed E-state index contributed by atoms with van der Waals surface area (Å²) in [5, 5.41) is 2.60. The molecule has 2 rings (SSSR count). The number of benzene rings is 1. The van der Waals surface area contributed by atoms with Gasteiger partial charge in [0.05, 0.1) is 18.4 Å². The van der Waals surface area contributed by atoms with Crippen molar-refractivity contribution in [3.63, 3.8) is 0 Å². The maximum absolute atomic E-state index is 12.5. The zero-order chi connectivity index (χ0) is 20.0. The van der Waals surface area contributed by atoms with Crippen molar-refractivity contribution in [1.29, 1.82) is 0 Å². The molecule has 0 spiro atoms. The Morgan fingerprint density at radius 2 is 2.00 bits per heavy atom. The summed E-state index contributed by atoms with van der Waals surface area (Å²) in [4.78, 5) is 27.6. The van der Waals surface area contributed by atoms with Gasteiger partial charge in [-0.05, 0) is 25.6 Å². The van der Waals surface area contributed by atoms with Crippen LogP contribution in [0.1, 0.15) is 17.3 Å². The lowest BCUT2D eigenvalue weighted by molar-refractivity contribution is 0.0544. The molecule has 0 saturated carbocycles. The van der Waals surface area contributed by atoms with E-state index in [0.717, 1.165) is 23.8 Å². The molecular formula is C16H16N2O7S2. The maximum Gasteiger partial charge on any atom is 0.516 e. The predicted molar refractivity (Wildman–Crippen MR) is 97.5 cm³/mol. The maximum atomic E-state index is 12.5. The highest BCUT2D eigenvalue weighted by Gasteiger charge is 2.18. The van der Waals surface area contributed by atoms with E-state index in [1.165, 1.54) is 12.1 Å². The summed E-state index contributed by atoms with van der Waals surface area (Å²) in [7, 11) is -3.41. The van der Waals surface area contributed by atoms with Crippen molar-refractivity contribution in [2.75, 3.05) is 18.2 Å². The van der Waals surface area contributed by atoms with E-state index in [2.05, 4.69) is 21.6 Å². The SMILES string of the molecule is C=C(OC(=O)OCC)Oc1ccccc1C(=O)Nc1ncc(S(C)(=O)=O)s1. The Bertz CT molecular complexity index is 967. The van der Waals surface area contributed by atoms with Crippen molar-refractivity contribution in [3.05, 3.63) is 48.5 Å². The van der Waals surface area contributed by atoms with Gasteiger partial charge >= 0.3 is 6.16 Å². The van der Waals surface area contributed by atoms with Crippen molar-refractivity contribution >= 4 is 38.4 Å². The third-order valence-corrected chi connectivity index (χ3v) is 5.59. The highest BCUT2D eigenvalue weighted by Crippen LogP contribution is 2.25. The molecule has 1 N–H and O–H groups in total. The van der Waals surface area contributed by atoms with E-state index in [1.54, 1.807) is 19.1 Å². The molecule has 0 saturated heterocycles. The molecule has 0 unspecified atom stereocenters. The lowest BCUT2D eigenvalue weighted by Crippen LogP contribution is -2.15. The van der Waals surface area contributed by atoms with Crippen molar-refractivity contribution in [3.8, 4) is 5.75 Å². The van der Waals surface area contributed by atoms with Gasteiger partial charge < -0.3 is 14.2 Å². The van der Waals surface area contributed by atoms with Crippen LogP contribution in [0.2, 0.25) is 0 Å². The van der Waals surface area contributed by atoms with Crippen LogP contribution in [0.25, 0.3) is 0 Å². The number of amides is 1. The van der Waals surface area contributed by atoms with Gasteiger partial charge in [-0.2, -0.15) is 0 Å². The lowest BCUT2D eigenvalue weighted by atomic mass is 10.2. The Morgan fingerprint density at radius 1 is 1.30 bits per heavy atom. The van der Waals surface area contributed by atoms with Gasteiger partial charge in [0.15, 0.2) is 15.0 Å². The molecule has 0 aliphatic rings. The monoisotopic (exact) mass is 412 g/mol.